The van der Waals surface area contributed by atoms with E-state index in [9.17, 15) is 9.18 Å². The Bertz CT molecular complexity index is 1700. The fourth-order valence-corrected chi connectivity index (χ4v) is 5.53. The Morgan fingerprint density at radius 1 is 0.947 bits per heavy atom. The van der Waals surface area contributed by atoms with Crippen molar-refractivity contribution in [3.05, 3.63) is 99.3 Å². The molecule has 0 atom stereocenters. The maximum absolute atomic E-state index is 13.4. The number of anilines is 1. The largest absolute Gasteiger partial charge is 0.353 e. The third kappa shape index (κ3) is 4.99. The van der Waals surface area contributed by atoms with Gasteiger partial charge in [0.1, 0.15) is 5.82 Å². The molecular weight excluding hydrogens is 499 g/mol. The molecule has 0 spiro atoms. The molecule has 9 heteroatoms. The zero-order valence-electron chi connectivity index (χ0n) is 20.9. The minimum Gasteiger partial charge on any atom is -0.353 e. The number of hydrogen-bond acceptors (Lipinski definition) is 5. The highest BCUT2D eigenvalue weighted by Gasteiger charge is 2.22. The average molecular weight is 529 g/mol. The van der Waals surface area contributed by atoms with Crippen molar-refractivity contribution in [1.82, 2.24) is 24.0 Å². The summed E-state index contributed by atoms with van der Waals surface area (Å²) in [6.45, 7) is 3.79. The van der Waals surface area contributed by atoms with Crippen LogP contribution in [0.3, 0.4) is 0 Å². The molecule has 194 valence electrons. The molecule has 2 aromatic heterocycles. The molecule has 1 fully saturated rings. The van der Waals surface area contributed by atoms with Gasteiger partial charge in [-0.25, -0.2) is 9.37 Å². The number of benzene rings is 3. The maximum Gasteiger partial charge on any atom is 0.262 e. The van der Waals surface area contributed by atoms with Gasteiger partial charge in [0.2, 0.25) is 5.95 Å². The highest BCUT2D eigenvalue weighted by Crippen LogP contribution is 2.24. The van der Waals surface area contributed by atoms with E-state index in [1.54, 1.807) is 4.57 Å². The van der Waals surface area contributed by atoms with Crippen molar-refractivity contribution in [2.45, 2.75) is 32.0 Å². The molecule has 7 nitrogen and oxygen atoms in total. The molecule has 0 unspecified atom stereocenters. The normalized spacial score (nSPS) is 14.9. The molecule has 0 radical (unpaired) electrons. The third-order valence-corrected chi connectivity index (χ3v) is 7.68. The summed E-state index contributed by atoms with van der Waals surface area (Å²) in [6, 6.07) is 22.5. The van der Waals surface area contributed by atoms with Gasteiger partial charge in [0, 0.05) is 32.2 Å². The van der Waals surface area contributed by atoms with Crippen molar-refractivity contribution in [1.29, 1.82) is 0 Å². The quantitative estimate of drug-likeness (QED) is 0.285. The van der Waals surface area contributed by atoms with Crippen molar-refractivity contribution in [3.63, 3.8) is 0 Å². The van der Waals surface area contributed by atoms with Crippen molar-refractivity contribution in [3.8, 4) is 0 Å². The number of nitrogens with zero attached hydrogens (tertiary/aromatic N) is 4. The SMILES string of the molecule is O=c1c2ccccc2[nH]c(=S)n1CCN1CCC(Nc2nc3ccccc3n2Cc2ccc(F)cc2)CC1. The van der Waals surface area contributed by atoms with Crippen molar-refractivity contribution < 1.29 is 4.39 Å². The Kier molecular flexibility index (Phi) is 6.78. The minimum absolute atomic E-state index is 0.0408. The first-order chi connectivity index (χ1) is 18.5. The number of imidazole rings is 1. The zero-order chi connectivity index (χ0) is 26.1. The number of aromatic nitrogens is 4. The van der Waals surface area contributed by atoms with E-state index < -0.39 is 0 Å². The van der Waals surface area contributed by atoms with Crippen LogP contribution in [0.2, 0.25) is 0 Å². The van der Waals surface area contributed by atoms with E-state index in [0.717, 1.165) is 60.5 Å². The van der Waals surface area contributed by atoms with E-state index in [1.165, 1.54) is 12.1 Å². The number of likely N-dealkylation sites (tertiary alicyclic amines) is 1. The van der Waals surface area contributed by atoms with Crippen molar-refractivity contribution >= 4 is 40.1 Å². The first-order valence-corrected chi connectivity index (χ1v) is 13.4. The molecule has 5 aromatic rings. The maximum atomic E-state index is 13.4. The molecule has 2 N–H and O–H groups in total. The molecule has 1 saturated heterocycles. The van der Waals surface area contributed by atoms with Crippen molar-refractivity contribution in [2.24, 2.45) is 0 Å². The van der Waals surface area contributed by atoms with Crippen LogP contribution in [0, 0.1) is 10.6 Å². The summed E-state index contributed by atoms with van der Waals surface area (Å²) < 4.78 is 17.7. The zero-order valence-corrected chi connectivity index (χ0v) is 21.8. The molecular formula is C29H29FN6OS. The number of H-pyrrole nitrogens is 1. The lowest BCUT2D eigenvalue weighted by Gasteiger charge is -2.32. The van der Waals surface area contributed by atoms with Crippen LogP contribution in [-0.4, -0.2) is 49.7 Å². The number of aromatic amines is 1. The molecule has 0 amide bonds. The number of piperidine rings is 1. The average Bonchev–Trinajstić information content (AvgIpc) is 3.27. The van der Waals surface area contributed by atoms with Gasteiger partial charge in [-0.15, -0.1) is 0 Å². The molecule has 6 rings (SSSR count). The van der Waals surface area contributed by atoms with Crippen LogP contribution in [-0.2, 0) is 13.1 Å². The smallest absolute Gasteiger partial charge is 0.262 e. The van der Waals surface area contributed by atoms with Crippen LogP contribution >= 0.6 is 12.2 Å². The van der Waals surface area contributed by atoms with E-state index in [-0.39, 0.29) is 11.4 Å². The van der Waals surface area contributed by atoms with Gasteiger partial charge in [0.15, 0.2) is 4.77 Å². The van der Waals surface area contributed by atoms with Crippen LogP contribution in [0.25, 0.3) is 21.9 Å². The Morgan fingerprint density at radius 2 is 1.68 bits per heavy atom. The molecule has 1 aliphatic heterocycles. The number of rotatable bonds is 7. The van der Waals surface area contributed by atoms with Crippen LogP contribution in [0.1, 0.15) is 18.4 Å². The number of para-hydroxylation sites is 3. The van der Waals surface area contributed by atoms with Crippen LogP contribution < -0.4 is 10.9 Å². The van der Waals surface area contributed by atoms with Gasteiger partial charge in [-0.2, -0.15) is 0 Å². The molecule has 3 aromatic carbocycles. The minimum atomic E-state index is -0.234. The van der Waals surface area contributed by atoms with Crippen LogP contribution in [0.5, 0.6) is 0 Å². The molecule has 0 aliphatic carbocycles. The lowest BCUT2D eigenvalue weighted by molar-refractivity contribution is 0.210. The standard InChI is InChI=1S/C29H29FN6OS/c30-21-11-9-20(10-12-21)19-36-26-8-4-3-7-25(26)32-28(36)31-22-13-15-34(16-14-22)17-18-35-27(37)23-5-1-2-6-24(23)33-29(35)38/h1-12,22H,13-19H2,(H,31,32)(H,33,38). The van der Waals surface area contributed by atoms with Gasteiger partial charge in [-0.1, -0.05) is 36.4 Å². The van der Waals surface area contributed by atoms with E-state index in [2.05, 4.69) is 25.8 Å². The van der Waals surface area contributed by atoms with Crippen LogP contribution in [0.15, 0.2) is 77.6 Å². The van der Waals surface area contributed by atoms with Gasteiger partial charge in [0.25, 0.3) is 5.56 Å². The van der Waals surface area contributed by atoms with Gasteiger partial charge < -0.3 is 19.8 Å². The lowest BCUT2D eigenvalue weighted by atomic mass is 10.1. The molecule has 3 heterocycles. The summed E-state index contributed by atoms with van der Waals surface area (Å²) in [5.74, 6) is 0.602. The monoisotopic (exact) mass is 528 g/mol. The Hall–Kier alpha value is -3.82. The summed E-state index contributed by atoms with van der Waals surface area (Å²) in [5, 5.41) is 4.34. The predicted octanol–water partition coefficient (Wildman–Crippen LogP) is 5.17. The highest BCUT2D eigenvalue weighted by atomic mass is 32.1. The Balaban J connectivity index is 1.12. The molecule has 0 saturated carbocycles. The van der Waals surface area contributed by atoms with E-state index in [1.807, 2.05) is 54.6 Å². The Labute approximate surface area is 224 Å². The fourth-order valence-electron chi connectivity index (χ4n) is 5.25. The third-order valence-electron chi connectivity index (χ3n) is 7.36. The molecule has 38 heavy (non-hydrogen) atoms. The van der Waals surface area contributed by atoms with Crippen molar-refractivity contribution in [2.75, 3.05) is 25.0 Å². The number of hydrogen-bond donors (Lipinski definition) is 2. The number of halogens is 1. The number of nitrogens with one attached hydrogen (secondary N) is 2. The number of fused-ring (bicyclic) bond motifs is 2. The first-order valence-electron chi connectivity index (χ1n) is 13.0. The van der Waals surface area contributed by atoms with Gasteiger partial charge in [-0.3, -0.25) is 9.36 Å². The second-order valence-corrected chi connectivity index (χ2v) is 10.2. The summed E-state index contributed by atoms with van der Waals surface area (Å²) in [6.07, 6.45) is 1.94. The van der Waals surface area contributed by atoms with Crippen LogP contribution in [0.4, 0.5) is 10.3 Å². The molecule has 1 aliphatic rings. The summed E-state index contributed by atoms with van der Waals surface area (Å²) in [7, 11) is 0. The predicted molar refractivity (Wildman–Crippen MR) is 152 cm³/mol. The Morgan fingerprint density at radius 3 is 2.50 bits per heavy atom. The van der Waals surface area contributed by atoms with E-state index in [4.69, 9.17) is 17.2 Å². The summed E-state index contributed by atoms with van der Waals surface area (Å²) in [5.41, 5.74) is 3.74. The van der Waals surface area contributed by atoms with Gasteiger partial charge in [-0.05, 0) is 67.0 Å². The summed E-state index contributed by atoms with van der Waals surface area (Å²) >= 11 is 5.47. The van der Waals surface area contributed by atoms with E-state index >= 15 is 0 Å². The fraction of sp³-hybridized carbons (Fsp3) is 0.276. The second kappa shape index (κ2) is 10.5. The molecule has 0 bridgehead atoms. The van der Waals surface area contributed by atoms with Gasteiger partial charge in [0.05, 0.1) is 28.5 Å². The van der Waals surface area contributed by atoms with E-state index in [0.29, 0.717) is 29.3 Å². The highest BCUT2D eigenvalue weighted by molar-refractivity contribution is 7.71. The first kappa shape index (κ1) is 24.5. The topological polar surface area (TPSA) is 70.9 Å². The van der Waals surface area contributed by atoms with Gasteiger partial charge >= 0.3 is 0 Å². The summed E-state index contributed by atoms with van der Waals surface area (Å²) in [4.78, 5) is 23.4. The second-order valence-electron chi connectivity index (χ2n) is 9.83. The lowest BCUT2D eigenvalue weighted by Crippen LogP contribution is -2.41.